The molecule has 0 bridgehead atoms. The van der Waals surface area contributed by atoms with Gasteiger partial charge in [-0.25, -0.2) is 8.42 Å². The minimum absolute atomic E-state index is 0.00211. The van der Waals surface area contributed by atoms with E-state index in [-0.39, 0.29) is 11.2 Å². The molecule has 3 rings (SSSR count). The number of nitrogens with zero attached hydrogens (tertiary/aromatic N) is 4. The average Bonchev–Trinajstić information content (AvgIpc) is 3.15. The van der Waals surface area contributed by atoms with Crippen molar-refractivity contribution in [1.29, 1.82) is 0 Å². The van der Waals surface area contributed by atoms with Crippen LogP contribution in [0.15, 0.2) is 0 Å². The Kier molecular flexibility index (Phi) is 3.11. The van der Waals surface area contributed by atoms with E-state index in [2.05, 4.69) is 10.3 Å². The van der Waals surface area contributed by atoms with E-state index in [0.717, 1.165) is 24.2 Å². The number of hydrogen-bond acceptors (Lipinski definition) is 5. The SMILES string of the molecule is COCC1CN(S(=O)(=O)C2CC2)Cc2nnn(C)c21. The van der Waals surface area contributed by atoms with Crippen LogP contribution in [-0.2, 0) is 28.4 Å². The molecule has 1 saturated carbocycles. The van der Waals surface area contributed by atoms with E-state index in [1.165, 1.54) is 0 Å². The van der Waals surface area contributed by atoms with Crippen LogP contribution in [0.1, 0.15) is 30.1 Å². The average molecular weight is 286 g/mol. The third kappa shape index (κ3) is 2.17. The van der Waals surface area contributed by atoms with Gasteiger partial charge in [0.25, 0.3) is 0 Å². The van der Waals surface area contributed by atoms with Crippen molar-refractivity contribution in [2.45, 2.75) is 30.6 Å². The van der Waals surface area contributed by atoms with Crippen molar-refractivity contribution in [3.63, 3.8) is 0 Å². The van der Waals surface area contributed by atoms with Crippen molar-refractivity contribution >= 4 is 10.0 Å². The topological polar surface area (TPSA) is 77.3 Å². The molecule has 2 aliphatic rings. The van der Waals surface area contributed by atoms with Gasteiger partial charge in [0.15, 0.2) is 0 Å². The Labute approximate surface area is 112 Å². The number of aryl methyl sites for hydroxylation is 1. The molecule has 1 aliphatic carbocycles. The lowest BCUT2D eigenvalue weighted by Crippen LogP contribution is -2.41. The summed E-state index contributed by atoms with van der Waals surface area (Å²) in [6, 6.07) is 0. The van der Waals surface area contributed by atoms with Gasteiger partial charge in [-0.05, 0) is 12.8 Å². The van der Waals surface area contributed by atoms with E-state index >= 15 is 0 Å². The molecule has 7 nitrogen and oxygen atoms in total. The molecule has 0 aromatic carbocycles. The summed E-state index contributed by atoms with van der Waals surface area (Å²) in [5, 5.41) is 7.89. The zero-order valence-corrected chi connectivity index (χ0v) is 11.9. The monoisotopic (exact) mass is 286 g/mol. The van der Waals surface area contributed by atoms with Crippen LogP contribution in [0.5, 0.6) is 0 Å². The fourth-order valence-corrected chi connectivity index (χ4v) is 4.53. The summed E-state index contributed by atoms with van der Waals surface area (Å²) in [4.78, 5) is 0. The van der Waals surface area contributed by atoms with Gasteiger partial charge in [-0.15, -0.1) is 5.10 Å². The lowest BCUT2D eigenvalue weighted by molar-refractivity contribution is 0.159. The van der Waals surface area contributed by atoms with Crippen LogP contribution in [-0.4, -0.2) is 53.2 Å². The molecule has 0 saturated heterocycles. The van der Waals surface area contributed by atoms with E-state index in [1.54, 1.807) is 16.1 Å². The molecule has 1 aromatic rings. The highest BCUT2D eigenvalue weighted by atomic mass is 32.2. The molecule has 0 spiro atoms. The predicted octanol–water partition coefficient (Wildman–Crippen LogP) is -0.147. The molecule has 19 heavy (non-hydrogen) atoms. The quantitative estimate of drug-likeness (QED) is 0.769. The standard InChI is InChI=1S/C11H18N4O3S/c1-14-11-8(7-18-2)5-15(6-10(11)12-13-14)19(16,17)9-3-4-9/h8-9H,3-7H2,1-2H3. The van der Waals surface area contributed by atoms with Gasteiger partial charge in [-0.1, -0.05) is 5.21 Å². The van der Waals surface area contributed by atoms with E-state index in [0.29, 0.717) is 19.7 Å². The molecule has 8 heteroatoms. The number of rotatable bonds is 4. The van der Waals surface area contributed by atoms with Gasteiger partial charge in [0.05, 0.1) is 24.1 Å². The molecule has 1 fully saturated rings. The number of fused-ring (bicyclic) bond motifs is 1. The maximum absolute atomic E-state index is 12.3. The minimum Gasteiger partial charge on any atom is -0.384 e. The molecular formula is C11H18N4O3S. The van der Waals surface area contributed by atoms with E-state index in [1.807, 2.05) is 7.05 Å². The lowest BCUT2D eigenvalue weighted by atomic mass is 10.0. The summed E-state index contributed by atoms with van der Waals surface area (Å²) in [6.45, 7) is 1.27. The minimum atomic E-state index is -3.17. The number of sulfonamides is 1. The lowest BCUT2D eigenvalue weighted by Gasteiger charge is -2.31. The second-order valence-corrected chi connectivity index (χ2v) is 7.45. The highest BCUT2D eigenvalue weighted by Crippen LogP contribution is 2.35. The fraction of sp³-hybridized carbons (Fsp3) is 0.818. The first-order valence-electron chi connectivity index (χ1n) is 6.40. The number of hydrogen-bond donors (Lipinski definition) is 0. The molecule has 1 atom stereocenters. The first kappa shape index (κ1) is 13.0. The summed E-state index contributed by atoms with van der Waals surface area (Å²) in [7, 11) is 0.283. The first-order chi connectivity index (χ1) is 9.04. The molecule has 1 unspecified atom stereocenters. The molecule has 0 N–H and O–H groups in total. The summed E-state index contributed by atoms with van der Waals surface area (Å²) in [6.07, 6.45) is 1.56. The normalized spacial score (nSPS) is 24.4. The van der Waals surface area contributed by atoms with Gasteiger partial charge in [0.2, 0.25) is 10.0 Å². The van der Waals surface area contributed by atoms with Crippen molar-refractivity contribution in [3.05, 3.63) is 11.4 Å². The summed E-state index contributed by atoms with van der Waals surface area (Å²) in [5.74, 6) is 0.00211. The van der Waals surface area contributed by atoms with Crippen LogP contribution in [0.3, 0.4) is 0 Å². The van der Waals surface area contributed by atoms with Crippen molar-refractivity contribution < 1.29 is 13.2 Å². The number of aromatic nitrogens is 3. The highest BCUT2D eigenvalue weighted by Gasteiger charge is 2.43. The zero-order chi connectivity index (χ0) is 13.6. The van der Waals surface area contributed by atoms with Crippen molar-refractivity contribution in [2.75, 3.05) is 20.3 Å². The smallest absolute Gasteiger partial charge is 0.217 e. The van der Waals surface area contributed by atoms with Crippen molar-refractivity contribution in [1.82, 2.24) is 19.3 Å². The molecule has 0 radical (unpaired) electrons. The van der Waals surface area contributed by atoms with Crippen LogP contribution in [0.25, 0.3) is 0 Å². The number of methoxy groups -OCH3 is 1. The van der Waals surface area contributed by atoms with Crippen LogP contribution >= 0.6 is 0 Å². The second kappa shape index (κ2) is 4.53. The van der Waals surface area contributed by atoms with Gasteiger partial charge in [0.1, 0.15) is 5.69 Å². The largest absolute Gasteiger partial charge is 0.384 e. The fourth-order valence-electron chi connectivity index (χ4n) is 2.69. The van der Waals surface area contributed by atoms with E-state index < -0.39 is 10.0 Å². The van der Waals surface area contributed by atoms with Crippen LogP contribution in [0.2, 0.25) is 0 Å². The van der Waals surface area contributed by atoms with Crippen LogP contribution in [0, 0.1) is 0 Å². The zero-order valence-electron chi connectivity index (χ0n) is 11.1. The van der Waals surface area contributed by atoms with Gasteiger partial charge >= 0.3 is 0 Å². The van der Waals surface area contributed by atoms with Gasteiger partial charge in [0, 0.05) is 26.6 Å². The molecule has 2 heterocycles. The Hall–Kier alpha value is -0.990. The Morgan fingerprint density at radius 1 is 1.42 bits per heavy atom. The maximum Gasteiger partial charge on any atom is 0.217 e. The third-order valence-electron chi connectivity index (χ3n) is 3.75. The Morgan fingerprint density at radius 2 is 2.16 bits per heavy atom. The van der Waals surface area contributed by atoms with Gasteiger partial charge in [-0.2, -0.15) is 4.31 Å². The molecular weight excluding hydrogens is 268 g/mol. The van der Waals surface area contributed by atoms with E-state index in [4.69, 9.17) is 4.74 Å². The van der Waals surface area contributed by atoms with Crippen LogP contribution < -0.4 is 0 Å². The van der Waals surface area contributed by atoms with E-state index in [9.17, 15) is 8.42 Å². The highest BCUT2D eigenvalue weighted by molar-refractivity contribution is 7.90. The Balaban J connectivity index is 1.92. The van der Waals surface area contributed by atoms with Crippen molar-refractivity contribution in [3.8, 4) is 0 Å². The number of ether oxygens (including phenoxy) is 1. The van der Waals surface area contributed by atoms with Gasteiger partial charge < -0.3 is 4.74 Å². The molecule has 1 aromatic heterocycles. The summed E-state index contributed by atoms with van der Waals surface area (Å²) < 4.78 is 33.2. The summed E-state index contributed by atoms with van der Waals surface area (Å²) >= 11 is 0. The van der Waals surface area contributed by atoms with Crippen molar-refractivity contribution in [2.24, 2.45) is 7.05 Å². The molecule has 106 valence electrons. The predicted molar refractivity (Wildman–Crippen MR) is 68.0 cm³/mol. The summed E-state index contributed by atoms with van der Waals surface area (Å²) in [5.41, 5.74) is 1.74. The Bertz CT molecular complexity index is 579. The van der Waals surface area contributed by atoms with Crippen LogP contribution in [0.4, 0.5) is 0 Å². The van der Waals surface area contributed by atoms with Gasteiger partial charge in [-0.3, -0.25) is 4.68 Å². The second-order valence-electron chi connectivity index (χ2n) is 5.23. The molecule has 0 amide bonds. The first-order valence-corrected chi connectivity index (χ1v) is 7.90. The maximum atomic E-state index is 12.3. The Morgan fingerprint density at radius 3 is 2.79 bits per heavy atom. The third-order valence-corrected chi connectivity index (χ3v) is 6.07. The molecule has 1 aliphatic heterocycles.